The third kappa shape index (κ3) is 1.97. The van der Waals surface area contributed by atoms with Gasteiger partial charge in [0.2, 0.25) is 10.0 Å². The van der Waals surface area contributed by atoms with Crippen LogP contribution >= 0.6 is 0 Å². The van der Waals surface area contributed by atoms with E-state index in [0.29, 0.717) is 44.3 Å². The highest BCUT2D eigenvalue weighted by molar-refractivity contribution is 7.94. The Kier molecular flexibility index (Phi) is 2.93. The molecule has 1 heterocycles. The summed E-state index contributed by atoms with van der Waals surface area (Å²) < 4.78 is 26.8. The lowest BCUT2D eigenvalue weighted by molar-refractivity contribution is -0.144. The van der Waals surface area contributed by atoms with Crippen molar-refractivity contribution in [1.29, 1.82) is 0 Å². The summed E-state index contributed by atoms with van der Waals surface area (Å²) in [6.07, 6.45) is 3.36. The molecule has 1 unspecified atom stereocenters. The fraction of sp³-hybridized carbons (Fsp3) is 0.588. The second-order valence-electron chi connectivity index (χ2n) is 7.39. The van der Waals surface area contributed by atoms with Gasteiger partial charge in [0.1, 0.15) is 0 Å². The summed E-state index contributed by atoms with van der Waals surface area (Å²) in [6.45, 7) is 2.19. The highest BCUT2D eigenvalue weighted by Gasteiger charge is 2.59. The largest absolute Gasteiger partial charge is 0.481 e. The van der Waals surface area contributed by atoms with E-state index in [0.717, 1.165) is 5.56 Å². The molecule has 6 heteroatoms. The van der Waals surface area contributed by atoms with E-state index < -0.39 is 26.2 Å². The number of carboxylic acids is 1. The van der Waals surface area contributed by atoms with Crippen LogP contribution in [0.1, 0.15) is 50.5 Å². The van der Waals surface area contributed by atoms with Gasteiger partial charge in [-0.1, -0.05) is 18.2 Å². The number of benzene rings is 1. The number of hydrogen-bond donors (Lipinski definition) is 1. The Hall–Kier alpha value is -1.56. The van der Waals surface area contributed by atoms with Crippen molar-refractivity contribution in [3.8, 4) is 0 Å². The summed E-state index contributed by atoms with van der Waals surface area (Å²) >= 11 is 0. The first-order valence-corrected chi connectivity index (χ1v) is 9.60. The smallest absolute Gasteiger partial charge is 0.310 e. The van der Waals surface area contributed by atoms with Crippen molar-refractivity contribution >= 4 is 21.7 Å². The summed E-state index contributed by atoms with van der Waals surface area (Å²) in [4.78, 5) is 11.7. The fourth-order valence-corrected chi connectivity index (χ4v) is 5.82. The molecule has 0 saturated heterocycles. The van der Waals surface area contributed by atoms with Gasteiger partial charge in [-0.3, -0.25) is 9.10 Å². The van der Waals surface area contributed by atoms with Crippen LogP contribution in [0.3, 0.4) is 0 Å². The number of carbonyl (C=O) groups is 1. The Morgan fingerprint density at radius 3 is 2.43 bits per heavy atom. The van der Waals surface area contributed by atoms with E-state index in [1.807, 2.05) is 24.3 Å². The van der Waals surface area contributed by atoms with Gasteiger partial charge in [-0.2, -0.15) is 0 Å². The summed E-state index contributed by atoms with van der Waals surface area (Å²) in [7, 11) is -3.38. The zero-order valence-electron chi connectivity index (χ0n) is 13.2. The molecule has 2 aliphatic carbocycles. The van der Waals surface area contributed by atoms with Crippen LogP contribution in [0.5, 0.6) is 0 Å². The van der Waals surface area contributed by atoms with Crippen molar-refractivity contribution < 1.29 is 18.3 Å². The predicted octanol–water partition coefficient (Wildman–Crippen LogP) is 2.73. The van der Waals surface area contributed by atoms with E-state index in [-0.39, 0.29) is 5.92 Å². The molecule has 4 rings (SSSR count). The number of aliphatic carboxylic acids is 1. The molecule has 1 aromatic carbocycles. The fourth-order valence-electron chi connectivity index (χ4n) is 3.90. The number of hydrogen-bond acceptors (Lipinski definition) is 3. The highest BCUT2D eigenvalue weighted by Crippen LogP contribution is 2.60. The quantitative estimate of drug-likeness (QED) is 0.918. The lowest BCUT2D eigenvalue weighted by Crippen LogP contribution is -2.44. The van der Waals surface area contributed by atoms with Crippen molar-refractivity contribution in [2.45, 2.75) is 49.7 Å². The molecule has 0 radical (unpaired) electrons. The first-order valence-electron chi connectivity index (χ1n) is 8.16. The molecule has 0 bridgehead atoms. The number of para-hydroxylation sites is 1. The van der Waals surface area contributed by atoms with E-state index in [1.54, 1.807) is 6.92 Å². The number of anilines is 1. The van der Waals surface area contributed by atoms with Gasteiger partial charge in [0, 0.05) is 12.5 Å². The molecule has 5 nitrogen and oxygen atoms in total. The van der Waals surface area contributed by atoms with Gasteiger partial charge < -0.3 is 5.11 Å². The van der Waals surface area contributed by atoms with Crippen molar-refractivity contribution in [2.75, 3.05) is 10.8 Å². The standard InChI is InChI=1S/C17H21NO4S/c1-16(7-8-16)23(21,22)18-11-6-13(17(9-10-17)15(19)20)12-4-2-3-5-14(12)18/h2-5,13H,6-11H2,1H3,(H,19,20). The third-order valence-electron chi connectivity index (χ3n) is 5.95. The molecular weight excluding hydrogens is 314 g/mol. The van der Waals surface area contributed by atoms with Gasteiger partial charge in [0.05, 0.1) is 15.8 Å². The number of carboxylic acid groups (broad SMARTS) is 1. The minimum atomic E-state index is -3.38. The minimum Gasteiger partial charge on any atom is -0.481 e. The van der Waals surface area contributed by atoms with Crippen molar-refractivity contribution in [3.05, 3.63) is 29.8 Å². The molecule has 3 aliphatic rings. The first-order chi connectivity index (χ1) is 10.8. The summed E-state index contributed by atoms with van der Waals surface area (Å²) in [5.41, 5.74) is 0.881. The maximum absolute atomic E-state index is 12.9. The van der Waals surface area contributed by atoms with E-state index >= 15 is 0 Å². The van der Waals surface area contributed by atoms with E-state index in [1.165, 1.54) is 4.31 Å². The molecule has 1 atom stereocenters. The Labute approximate surface area is 136 Å². The van der Waals surface area contributed by atoms with E-state index in [2.05, 4.69) is 0 Å². The van der Waals surface area contributed by atoms with Crippen LogP contribution in [0.4, 0.5) is 5.69 Å². The maximum atomic E-state index is 12.9. The number of rotatable bonds is 4. The maximum Gasteiger partial charge on any atom is 0.310 e. The molecule has 2 saturated carbocycles. The Balaban J connectivity index is 1.78. The number of nitrogens with zero attached hydrogens (tertiary/aromatic N) is 1. The predicted molar refractivity (Wildman–Crippen MR) is 87.0 cm³/mol. The van der Waals surface area contributed by atoms with Crippen LogP contribution in [0, 0.1) is 5.41 Å². The molecule has 0 aromatic heterocycles. The molecular formula is C17H21NO4S. The van der Waals surface area contributed by atoms with E-state index in [9.17, 15) is 18.3 Å². The first kappa shape index (κ1) is 15.0. The highest BCUT2D eigenvalue weighted by atomic mass is 32.2. The number of fused-ring (bicyclic) bond motifs is 1. The lowest BCUT2D eigenvalue weighted by atomic mass is 9.78. The van der Waals surface area contributed by atoms with Crippen LogP contribution in [-0.4, -0.2) is 30.8 Å². The second kappa shape index (κ2) is 4.50. The molecule has 1 aliphatic heterocycles. The Morgan fingerprint density at radius 2 is 1.87 bits per heavy atom. The number of sulfonamides is 1. The SMILES string of the molecule is CC1(S(=O)(=O)N2CCC(C3(C(=O)O)CC3)c3ccccc32)CC1. The van der Waals surface area contributed by atoms with Gasteiger partial charge in [-0.15, -0.1) is 0 Å². The molecule has 1 N–H and O–H groups in total. The van der Waals surface area contributed by atoms with E-state index in [4.69, 9.17) is 0 Å². The van der Waals surface area contributed by atoms with Crippen molar-refractivity contribution in [2.24, 2.45) is 5.41 Å². The van der Waals surface area contributed by atoms with Gasteiger partial charge in [0.15, 0.2) is 0 Å². The van der Waals surface area contributed by atoms with Crippen LogP contribution in [0.25, 0.3) is 0 Å². The molecule has 0 spiro atoms. The molecule has 1 aromatic rings. The molecule has 0 amide bonds. The lowest BCUT2D eigenvalue weighted by Gasteiger charge is -2.38. The normalized spacial score (nSPS) is 27.2. The summed E-state index contributed by atoms with van der Waals surface area (Å²) in [5, 5.41) is 9.61. The van der Waals surface area contributed by atoms with Crippen LogP contribution in [0.2, 0.25) is 0 Å². The molecule has 124 valence electrons. The topological polar surface area (TPSA) is 74.7 Å². The van der Waals surface area contributed by atoms with Gasteiger partial charge >= 0.3 is 5.97 Å². The summed E-state index contributed by atoms with van der Waals surface area (Å²) in [6, 6.07) is 7.43. The Bertz CT molecular complexity index is 778. The van der Waals surface area contributed by atoms with Crippen molar-refractivity contribution in [3.63, 3.8) is 0 Å². The minimum absolute atomic E-state index is 0.0883. The van der Waals surface area contributed by atoms with Gasteiger partial charge in [0.25, 0.3) is 0 Å². The zero-order valence-corrected chi connectivity index (χ0v) is 14.0. The van der Waals surface area contributed by atoms with Crippen LogP contribution in [0.15, 0.2) is 24.3 Å². The second-order valence-corrected chi connectivity index (χ2v) is 9.76. The summed E-state index contributed by atoms with van der Waals surface area (Å²) in [5.74, 6) is -0.836. The van der Waals surface area contributed by atoms with Crippen LogP contribution < -0.4 is 4.31 Å². The zero-order chi connectivity index (χ0) is 16.5. The van der Waals surface area contributed by atoms with Gasteiger partial charge in [-0.05, 0) is 50.7 Å². The molecule has 2 fully saturated rings. The van der Waals surface area contributed by atoms with Gasteiger partial charge in [-0.25, -0.2) is 8.42 Å². The third-order valence-corrected chi connectivity index (χ3v) is 8.56. The average molecular weight is 335 g/mol. The van der Waals surface area contributed by atoms with Crippen LogP contribution in [-0.2, 0) is 14.8 Å². The average Bonchev–Trinajstić information content (AvgIpc) is 3.42. The Morgan fingerprint density at radius 1 is 1.22 bits per heavy atom. The molecule has 23 heavy (non-hydrogen) atoms. The van der Waals surface area contributed by atoms with Crippen molar-refractivity contribution in [1.82, 2.24) is 0 Å². The monoisotopic (exact) mass is 335 g/mol.